The molecule has 2 rings (SSSR count). The molecule has 2 nitrogen and oxygen atoms in total. The Morgan fingerprint density at radius 3 is 2.75 bits per heavy atom. The maximum atomic E-state index is 10.7. The van der Waals surface area contributed by atoms with E-state index >= 15 is 0 Å². The first-order chi connectivity index (χ1) is 7.68. The summed E-state index contributed by atoms with van der Waals surface area (Å²) in [6, 6.07) is 11.9. The number of benzene rings is 2. The van der Waals surface area contributed by atoms with Gasteiger partial charge in [0.1, 0.15) is 6.61 Å². The van der Waals surface area contributed by atoms with Gasteiger partial charge in [0.05, 0.1) is 0 Å². The largest absolute Gasteiger partial charge is 0.461 e. The van der Waals surface area contributed by atoms with Gasteiger partial charge in [-0.15, -0.1) is 12.6 Å². The van der Waals surface area contributed by atoms with Gasteiger partial charge in [-0.05, 0) is 10.8 Å². The van der Waals surface area contributed by atoms with Crippen molar-refractivity contribution in [3.8, 4) is 0 Å². The van der Waals surface area contributed by atoms with Crippen molar-refractivity contribution in [3.63, 3.8) is 0 Å². The van der Waals surface area contributed by atoms with Crippen LogP contribution in [-0.2, 0) is 16.1 Å². The van der Waals surface area contributed by atoms with Crippen molar-refractivity contribution >= 4 is 29.4 Å². The van der Waals surface area contributed by atoms with E-state index in [0.29, 0.717) is 0 Å². The molecule has 0 fully saturated rings. The van der Waals surface area contributed by atoms with Gasteiger partial charge < -0.3 is 4.74 Å². The summed E-state index contributed by atoms with van der Waals surface area (Å²) in [4.78, 5) is 11.6. The maximum Gasteiger partial charge on any atom is 0.302 e. The fourth-order valence-electron chi connectivity index (χ4n) is 1.60. The summed E-state index contributed by atoms with van der Waals surface area (Å²) in [5, 5.41) is 2.22. The Balaban J connectivity index is 2.40. The molecule has 0 N–H and O–H groups in total. The molecule has 3 heteroatoms. The molecule has 2 aromatic carbocycles. The highest BCUT2D eigenvalue weighted by molar-refractivity contribution is 7.80. The van der Waals surface area contributed by atoms with Crippen LogP contribution in [-0.4, -0.2) is 5.97 Å². The molecule has 0 saturated carbocycles. The van der Waals surface area contributed by atoms with Crippen molar-refractivity contribution in [2.75, 3.05) is 0 Å². The number of hydrogen-bond donors (Lipinski definition) is 1. The van der Waals surface area contributed by atoms with E-state index < -0.39 is 0 Å². The van der Waals surface area contributed by atoms with Gasteiger partial charge in [-0.3, -0.25) is 4.79 Å². The minimum Gasteiger partial charge on any atom is -0.461 e. The van der Waals surface area contributed by atoms with Crippen LogP contribution in [0, 0.1) is 0 Å². The Labute approximate surface area is 99.6 Å². The highest BCUT2D eigenvalue weighted by Crippen LogP contribution is 2.26. The Morgan fingerprint density at radius 1 is 1.25 bits per heavy atom. The van der Waals surface area contributed by atoms with E-state index in [0.717, 1.165) is 21.2 Å². The van der Waals surface area contributed by atoms with E-state index in [1.807, 2.05) is 36.4 Å². The third-order valence-corrected chi connectivity index (χ3v) is 2.94. The smallest absolute Gasteiger partial charge is 0.302 e. The predicted octanol–water partition coefficient (Wildman–Crippen LogP) is 3.19. The van der Waals surface area contributed by atoms with Crippen molar-refractivity contribution in [2.24, 2.45) is 0 Å². The second-order valence-corrected chi connectivity index (χ2v) is 4.02. The molecule has 0 amide bonds. The maximum absolute atomic E-state index is 10.7. The van der Waals surface area contributed by atoms with Crippen LogP contribution < -0.4 is 0 Å². The average molecular weight is 232 g/mol. The Bertz CT molecular complexity index is 534. The molecule has 2 aromatic rings. The molecule has 0 atom stereocenters. The molecule has 0 unspecified atom stereocenters. The summed E-state index contributed by atoms with van der Waals surface area (Å²) in [6.45, 7) is 1.68. The molecule has 0 spiro atoms. The fraction of sp³-hybridized carbons (Fsp3) is 0.154. The molecular formula is C13H12O2S. The lowest BCUT2D eigenvalue weighted by molar-refractivity contribution is -0.142. The zero-order valence-corrected chi connectivity index (χ0v) is 9.83. The topological polar surface area (TPSA) is 26.3 Å². The predicted molar refractivity (Wildman–Crippen MR) is 66.7 cm³/mol. The summed E-state index contributed by atoms with van der Waals surface area (Å²) >= 11 is 4.47. The number of esters is 1. The van der Waals surface area contributed by atoms with Crippen LogP contribution in [0.25, 0.3) is 10.8 Å². The lowest BCUT2D eigenvalue weighted by Gasteiger charge is -2.08. The SMILES string of the molecule is CC(=O)OCc1ccc2ccccc2c1S. The number of hydrogen-bond acceptors (Lipinski definition) is 3. The molecule has 0 heterocycles. The Morgan fingerprint density at radius 2 is 2.00 bits per heavy atom. The van der Waals surface area contributed by atoms with E-state index in [4.69, 9.17) is 4.74 Å². The van der Waals surface area contributed by atoms with E-state index in [9.17, 15) is 4.79 Å². The standard InChI is InChI=1S/C13H12O2S/c1-9(14)15-8-11-7-6-10-4-2-3-5-12(10)13(11)16/h2-7,16H,8H2,1H3. The van der Waals surface area contributed by atoms with Crippen molar-refractivity contribution < 1.29 is 9.53 Å². The summed E-state index contributed by atoms with van der Waals surface area (Å²) in [5.41, 5.74) is 0.928. The summed E-state index contributed by atoms with van der Waals surface area (Å²) in [6.07, 6.45) is 0. The zero-order valence-electron chi connectivity index (χ0n) is 8.93. The van der Waals surface area contributed by atoms with Gasteiger partial charge >= 0.3 is 5.97 Å². The molecule has 16 heavy (non-hydrogen) atoms. The second-order valence-electron chi connectivity index (χ2n) is 3.57. The first-order valence-corrected chi connectivity index (χ1v) is 5.46. The van der Waals surface area contributed by atoms with Crippen molar-refractivity contribution in [2.45, 2.75) is 18.4 Å². The molecule has 0 aromatic heterocycles. The lowest BCUT2D eigenvalue weighted by Crippen LogP contribution is -1.99. The van der Waals surface area contributed by atoms with Crippen molar-refractivity contribution in [3.05, 3.63) is 42.0 Å². The van der Waals surface area contributed by atoms with Gasteiger partial charge in [-0.25, -0.2) is 0 Å². The number of thiol groups is 1. The number of carbonyl (C=O) groups excluding carboxylic acids is 1. The third-order valence-electron chi connectivity index (χ3n) is 2.42. The Kier molecular flexibility index (Phi) is 3.15. The number of rotatable bonds is 2. The van der Waals surface area contributed by atoms with Crippen LogP contribution in [0.4, 0.5) is 0 Å². The van der Waals surface area contributed by atoms with E-state index in [1.54, 1.807) is 0 Å². The van der Waals surface area contributed by atoms with Crippen LogP contribution in [0.2, 0.25) is 0 Å². The zero-order chi connectivity index (χ0) is 11.5. The Hall–Kier alpha value is -1.48. The summed E-state index contributed by atoms with van der Waals surface area (Å²) in [5.74, 6) is -0.277. The van der Waals surface area contributed by atoms with Crippen molar-refractivity contribution in [1.82, 2.24) is 0 Å². The number of carbonyl (C=O) groups is 1. The molecule has 0 radical (unpaired) electrons. The molecular weight excluding hydrogens is 220 g/mol. The molecule has 0 aliphatic heterocycles. The van der Waals surface area contributed by atoms with Crippen LogP contribution >= 0.6 is 12.6 Å². The monoisotopic (exact) mass is 232 g/mol. The number of ether oxygens (including phenoxy) is 1. The molecule has 82 valence electrons. The van der Waals surface area contributed by atoms with E-state index in [2.05, 4.69) is 12.6 Å². The van der Waals surface area contributed by atoms with Crippen molar-refractivity contribution in [1.29, 1.82) is 0 Å². The lowest BCUT2D eigenvalue weighted by atomic mass is 10.1. The summed E-state index contributed by atoms with van der Waals surface area (Å²) < 4.78 is 4.97. The quantitative estimate of drug-likeness (QED) is 0.635. The van der Waals surface area contributed by atoms with Gasteiger partial charge in [0.25, 0.3) is 0 Å². The van der Waals surface area contributed by atoms with Gasteiger partial charge in [0.15, 0.2) is 0 Å². The minimum atomic E-state index is -0.277. The molecule has 0 aliphatic carbocycles. The second kappa shape index (κ2) is 4.58. The first kappa shape index (κ1) is 11.0. The van der Waals surface area contributed by atoms with Gasteiger partial charge in [0.2, 0.25) is 0 Å². The van der Waals surface area contributed by atoms with E-state index in [1.165, 1.54) is 6.92 Å². The van der Waals surface area contributed by atoms with Gasteiger partial charge in [-0.2, -0.15) is 0 Å². The average Bonchev–Trinajstić information content (AvgIpc) is 2.28. The number of fused-ring (bicyclic) bond motifs is 1. The normalized spacial score (nSPS) is 10.4. The van der Waals surface area contributed by atoms with Crippen LogP contribution in [0.15, 0.2) is 41.3 Å². The van der Waals surface area contributed by atoms with Crippen LogP contribution in [0.3, 0.4) is 0 Å². The van der Waals surface area contributed by atoms with Gasteiger partial charge in [0, 0.05) is 17.4 Å². The third kappa shape index (κ3) is 2.19. The molecule has 0 bridgehead atoms. The van der Waals surface area contributed by atoms with Crippen LogP contribution in [0.5, 0.6) is 0 Å². The molecule has 0 aliphatic rings. The highest BCUT2D eigenvalue weighted by Gasteiger charge is 2.05. The first-order valence-electron chi connectivity index (χ1n) is 5.01. The summed E-state index contributed by atoms with van der Waals surface area (Å²) in [7, 11) is 0. The van der Waals surface area contributed by atoms with Crippen LogP contribution in [0.1, 0.15) is 12.5 Å². The molecule has 0 saturated heterocycles. The van der Waals surface area contributed by atoms with Gasteiger partial charge in [-0.1, -0.05) is 36.4 Å². The highest BCUT2D eigenvalue weighted by atomic mass is 32.1. The minimum absolute atomic E-state index is 0.277. The fourth-order valence-corrected chi connectivity index (χ4v) is 1.94. The van der Waals surface area contributed by atoms with E-state index in [-0.39, 0.29) is 12.6 Å².